The van der Waals surface area contributed by atoms with E-state index in [1.165, 1.54) is 31.9 Å². The molecule has 0 atom stereocenters. The zero-order chi connectivity index (χ0) is 12.3. The first-order valence-corrected chi connectivity index (χ1v) is 4.73. The normalized spacial score (nSPS) is 9.94. The van der Waals surface area contributed by atoms with Gasteiger partial charge in [0.05, 0.1) is 12.7 Å². The van der Waals surface area contributed by atoms with Crippen LogP contribution in [0.15, 0.2) is 30.9 Å². The Hall–Kier alpha value is -2.57. The number of methoxy groups -OCH3 is 1. The molecule has 0 fully saturated rings. The molecule has 7 heteroatoms. The molecule has 2 N–H and O–H groups in total. The van der Waals surface area contributed by atoms with Gasteiger partial charge in [0.15, 0.2) is 0 Å². The lowest BCUT2D eigenvalue weighted by Gasteiger charge is -2.07. The quantitative estimate of drug-likeness (QED) is 0.801. The van der Waals surface area contributed by atoms with Crippen molar-refractivity contribution in [1.29, 1.82) is 0 Å². The summed E-state index contributed by atoms with van der Waals surface area (Å²) in [7, 11) is 1.48. The largest absolute Gasteiger partial charge is 0.507 e. The SMILES string of the molecule is COc1ccc(C(=O)Nn2cncn2)c(O)c1. The molecule has 88 valence electrons. The molecular formula is C10H10N4O3. The standard InChI is InChI=1S/C10H10N4O3/c1-17-7-2-3-8(9(15)4-7)10(16)13-14-6-11-5-12-14/h2-6,15H,1H3,(H,13,16). The van der Waals surface area contributed by atoms with E-state index in [1.54, 1.807) is 6.07 Å². The zero-order valence-corrected chi connectivity index (χ0v) is 8.99. The number of benzene rings is 1. The van der Waals surface area contributed by atoms with Crippen molar-refractivity contribution in [1.82, 2.24) is 14.9 Å². The molecule has 7 nitrogen and oxygen atoms in total. The van der Waals surface area contributed by atoms with Crippen molar-refractivity contribution < 1.29 is 14.6 Å². The molecule has 1 amide bonds. The number of aromatic hydroxyl groups is 1. The van der Waals surface area contributed by atoms with E-state index in [0.29, 0.717) is 5.75 Å². The molecule has 0 spiro atoms. The lowest BCUT2D eigenvalue weighted by Crippen LogP contribution is -2.23. The lowest BCUT2D eigenvalue weighted by molar-refractivity contribution is 0.100. The van der Waals surface area contributed by atoms with Crippen LogP contribution in [0.5, 0.6) is 11.5 Å². The van der Waals surface area contributed by atoms with Gasteiger partial charge in [0.1, 0.15) is 24.2 Å². The second-order valence-corrected chi connectivity index (χ2v) is 3.16. The van der Waals surface area contributed by atoms with Gasteiger partial charge < -0.3 is 9.84 Å². The number of carbonyl (C=O) groups is 1. The van der Waals surface area contributed by atoms with Crippen molar-refractivity contribution in [3.8, 4) is 11.5 Å². The number of aromatic nitrogens is 3. The Labute approximate surface area is 96.6 Å². The van der Waals surface area contributed by atoms with Gasteiger partial charge in [-0.3, -0.25) is 4.79 Å². The first-order valence-electron chi connectivity index (χ1n) is 4.73. The van der Waals surface area contributed by atoms with Crippen LogP contribution < -0.4 is 10.2 Å². The van der Waals surface area contributed by atoms with E-state index in [2.05, 4.69) is 15.5 Å². The number of phenolic OH excluding ortho intramolecular Hbond substituents is 1. The molecule has 1 aromatic carbocycles. The molecular weight excluding hydrogens is 224 g/mol. The van der Waals surface area contributed by atoms with E-state index in [-0.39, 0.29) is 11.3 Å². The molecule has 0 radical (unpaired) electrons. The van der Waals surface area contributed by atoms with Gasteiger partial charge in [0.25, 0.3) is 5.91 Å². The number of amides is 1. The van der Waals surface area contributed by atoms with Gasteiger partial charge in [0.2, 0.25) is 0 Å². The average Bonchev–Trinajstić information content (AvgIpc) is 2.81. The average molecular weight is 234 g/mol. The zero-order valence-electron chi connectivity index (χ0n) is 8.99. The third kappa shape index (κ3) is 2.33. The molecule has 0 aliphatic rings. The van der Waals surface area contributed by atoms with Crippen molar-refractivity contribution in [2.75, 3.05) is 12.5 Å². The van der Waals surface area contributed by atoms with Crippen LogP contribution in [0, 0.1) is 0 Å². The molecule has 0 saturated carbocycles. The molecule has 0 saturated heterocycles. The summed E-state index contributed by atoms with van der Waals surface area (Å²) in [5.74, 6) is -0.183. The molecule has 1 aromatic heterocycles. The molecule has 17 heavy (non-hydrogen) atoms. The van der Waals surface area contributed by atoms with Crippen molar-refractivity contribution in [2.24, 2.45) is 0 Å². The fourth-order valence-corrected chi connectivity index (χ4v) is 1.26. The minimum atomic E-state index is -0.490. The predicted molar refractivity (Wildman–Crippen MR) is 58.4 cm³/mol. The number of phenols is 1. The van der Waals surface area contributed by atoms with Gasteiger partial charge in [0, 0.05) is 6.07 Å². The second kappa shape index (κ2) is 4.52. The second-order valence-electron chi connectivity index (χ2n) is 3.16. The van der Waals surface area contributed by atoms with Crippen molar-refractivity contribution in [2.45, 2.75) is 0 Å². The van der Waals surface area contributed by atoms with Gasteiger partial charge >= 0.3 is 0 Å². The van der Waals surface area contributed by atoms with Crippen LogP contribution in [0.4, 0.5) is 0 Å². The fraction of sp³-hybridized carbons (Fsp3) is 0.100. The topological polar surface area (TPSA) is 89.3 Å². The Morgan fingerprint density at radius 2 is 2.35 bits per heavy atom. The van der Waals surface area contributed by atoms with Gasteiger partial charge in [-0.25, -0.2) is 10.4 Å². The maximum atomic E-state index is 11.7. The highest BCUT2D eigenvalue weighted by Gasteiger charge is 2.12. The van der Waals surface area contributed by atoms with Crippen LogP contribution >= 0.6 is 0 Å². The van der Waals surface area contributed by atoms with E-state index in [1.807, 2.05) is 0 Å². The van der Waals surface area contributed by atoms with Gasteiger partial charge in [-0.1, -0.05) is 0 Å². The van der Waals surface area contributed by atoms with Crippen molar-refractivity contribution in [3.63, 3.8) is 0 Å². The summed E-state index contributed by atoms with van der Waals surface area (Å²) < 4.78 is 4.92. The Kier molecular flexibility index (Phi) is 2.91. The molecule has 2 aromatic rings. The first-order chi connectivity index (χ1) is 8.20. The highest BCUT2D eigenvalue weighted by Crippen LogP contribution is 2.23. The van der Waals surface area contributed by atoms with Crippen molar-refractivity contribution in [3.05, 3.63) is 36.4 Å². The Morgan fingerprint density at radius 1 is 1.53 bits per heavy atom. The predicted octanol–water partition coefficient (Wildman–Crippen LogP) is 0.376. The minimum Gasteiger partial charge on any atom is -0.507 e. The molecule has 0 aliphatic heterocycles. The number of ether oxygens (including phenoxy) is 1. The Balaban J connectivity index is 2.19. The summed E-state index contributed by atoms with van der Waals surface area (Å²) in [6.07, 6.45) is 2.62. The Bertz CT molecular complexity index is 524. The van der Waals surface area contributed by atoms with E-state index in [4.69, 9.17) is 4.74 Å². The summed E-state index contributed by atoms with van der Waals surface area (Å²) in [6.45, 7) is 0. The van der Waals surface area contributed by atoms with Crippen LogP contribution in [-0.4, -0.2) is 33.0 Å². The van der Waals surface area contributed by atoms with Gasteiger partial charge in [-0.05, 0) is 12.1 Å². The third-order valence-corrected chi connectivity index (χ3v) is 2.08. The van der Waals surface area contributed by atoms with Crippen LogP contribution in [0.25, 0.3) is 0 Å². The summed E-state index contributed by atoms with van der Waals surface area (Å²) in [6, 6.07) is 4.40. The summed E-state index contributed by atoms with van der Waals surface area (Å²) >= 11 is 0. The molecule has 0 unspecified atom stereocenters. The Morgan fingerprint density at radius 3 is 2.94 bits per heavy atom. The minimum absolute atomic E-state index is 0.126. The molecule has 1 heterocycles. The summed E-state index contributed by atoms with van der Waals surface area (Å²) in [4.78, 5) is 16.6. The molecule has 2 rings (SSSR count). The van der Waals surface area contributed by atoms with Gasteiger partial charge in [-0.2, -0.15) is 4.79 Å². The number of rotatable bonds is 3. The third-order valence-electron chi connectivity index (χ3n) is 2.08. The smallest absolute Gasteiger partial charge is 0.275 e. The maximum absolute atomic E-state index is 11.7. The summed E-state index contributed by atoms with van der Waals surface area (Å²) in [5, 5.41) is 13.3. The van der Waals surface area contributed by atoms with Crippen LogP contribution in [0.2, 0.25) is 0 Å². The number of nitrogens with one attached hydrogen (secondary N) is 1. The van der Waals surface area contributed by atoms with Crippen LogP contribution in [0.3, 0.4) is 0 Å². The lowest BCUT2D eigenvalue weighted by atomic mass is 10.2. The molecule has 0 bridgehead atoms. The van der Waals surface area contributed by atoms with E-state index in [9.17, 15) is 9.90 Å². The number of hydrogen-bond acceptors (Lipinski definition) is 5. The fourth-order valence-electron chi connectivity index (χ4n) is 1.26. The number of hydrogen-bond donors (Lipinski definition) is 2. The van der Waals surface area contributed by atoms with Gasteiger partial charge in [-0.15, -0.1) is 5.10 Å². The maximum Gasteiger partial charge on any atom is 0.275 e. The van der Waals surface area contributed by atoms with Crippen LogP contribution in [0.1, 0.15) is 10.4 Å². The first kappa shape index (κ1) is 10.9. The monoisotopic (exact) mass is 234 g/mol. The highest BCUT2D eigenvalue weighted by molar-refractivity contribution is 6.02. The number of carbonyl (C=O) groups excluding carboxylic acids is 1. The van der Waals surface area contributed by atoms with E-state index < -0.39 is 5.91 Å². The number of nitrogens with zero attached hydrogens (tertiary/aromatic N) is 3. The van der Waals surface area contributed by atoms with E-state index >= 15 is 0 Å². The van der Waals surface area contributed by atoms with E-state index in [0.717, 1.165) is 4.79 Å². The highest BCUT2D eigenvalue weighted by atomic mass is 16.5. The molecule has 0 aliphatic carbocycles. The summed E-state index contributed by atoms with van der Waals surface area (Å²) in [5.41, 5.74) is 2.55. The van der Waals surface area contributed by atoms with Crippen LogP contribution in [-0.2, 0) is 0 Å². The van der Waals surface area contributed by atoms with Crippen molar-refractivity contribution >= 4 is 5.91 Å².